The fraction of sp³-hybridized carbons (Fsp3) is 0.312. The van der Waals surface area contributed by atoms with Gasteiger partial charge in [0.1, 0.15) is 17.2 Å². The van der Waals surface area contributed by atoms with Crippen LogP contribution in [0.4, 0.5) is 4.39 Å². The van der Waals surface area contributed by atoms with Gasteiger partial charge in [-0.3, -0.25) is 9.59 Å². The van der Waals surface area contributed by atoms with Crippen molar-refractivity contribution in [2.24, 2.45) is 0 Å². The number of amides is 1. The highest BCUT2D eigenvalue weighted by molar-refractivity contribution is 5.93. The molecule has 0 bridgehead atoms. The summed E-state index contributed by atoms with van der Waals surface area (Å²) < 4.78 is 12.9. The smallest absolute Gasteiger partial charge is 0.263 e. The Morgan fingerprint density at radius 3 is 2.64 bits per heavy atom. The molecule has 1 aliphatic carbocycles. The first-order valence-electron chi connectivity index (χ1n) is 7.20. The number of carbonyl (C=O) groups is 1. The van der Waals surface area contributed by atoms with Crippen LogP contribution in [-0.2, 0) is 0 Å². The summed E-state index contributed by atoms with van der Waals surface area (Å²) in [5.41, 5.74) is 0.313. The van der Waals surface area contributed by atoms with Gasteiger partial charge in [-0.2, -0.15) is 0 Å². The third-order valence-corrected chi connectivity index (χ3v) is 3.75. The van der Waals surface area contributed by atoms with E-state index in [4.69, 9.17) is 0 Å². The van der Waals surface area contributed by atoms with Gasteiger partial charge in [-0.05, 0) is 37.5 Å². The van der Waals surface area contributed by atoms with Gasteiger partial charge in [0.2, 0.25) is 0 Å². The van der Waals surface area contributed by atoms with Gasteiger partial charge in [-0.1, -0.05) is 12.1 Å². The second kappa shape index (κ2) is 5.71. The Hall–Kier alpha value is -2.50. The van der Waals surface area contributed by atoms with Gasteiger partial charge in [0.05, 0.1) is 6.04 Å². The van der Waals surface area contributed by atoms with Gasteiger partial charge < -0.3 is 10.3 Å². The lowest BCUT2D eigenvalue weighted by atomic mass is 10.1. The van der Waals surface area contributed by atoms with E-state index < -0.39 is 11.5 Å². The maximum absolute atomic E-state index is 12.9. The molecular formula is C16H16FN3O2. The molecule has 0 unspecified atom stereocenters. The van der Waals surface area contributed by atoms with E-state index in [0.717, 1.165) is 18.4 Å². The van der Waals surface area contributed by atoms with Crippen LogP contribution < -0.4 is 10.9 Å². The molecule has 0 saturated heterocycles. The molecule has 1 fully saturated rings. The quantitative estimate of drug-likeness (QED) is 0.909. The van der Waals surface area contributed by atoms with Crippen LogP contribution in [0.15, 0.2) is 35.3 Å². The first kappa shape index (κ1) is 14.4. The van der Waals surface area contributed by atoms with Crippen molar-refractivity contribution in [1.29, 1.82) is 0 Å². The van der Waals surface area contributed by atoms with Gasteiger partial charge in [-0.25, -0.2) is 9.37 Å². The summed E-state index contributed by atoms with van der Waals surface area (Å²) >= 11 is 0. The summed E-state index contributed by atoms with van der Waals surface area (Å²) in [6, 6.07) is 5.52. The molecule has 114 valence electrons. The van der Waals surface area contributed by atoms with Gasteiger partial charge >= 0.3 is 0 Å². The molecule has 0 spiro atoms. The molecule has 2 aromatic rings. The standard InChI is InChI=1S/C16H16FN3O2/c1-9(10-4-6-12(17)7-5-10)19-15(21)13-8-18-14(11-2-3-11)20-16(13)22/h4-9,11H,2-3H2,1H3,(H,19,21)(H,18,20,22)/t9-/m1/s1. The van der Waals surface area contributed by atoms with Crippen molar-refractivity contribution < 1.29 is 9.18 Å². The molecule has 1 aromatic carbocycles. The van der Waals surface area contributed by atoms with E-state index in [1.807, 2.05) is 0 Å². The Morgan fingerprint density at radius 2 is 2.05 bits per heavy atom. The third-order valence-electron chi connectivity index (χ3n) is 3.75. The minimum Gasteiger partial charge on any atom is -0.345 e. The van der Waals surface area contributed by atoms with Crippen LogP contribution in [0.3, 0.4) is 0 Å². The number of rotatable bonds is 4. The summed E-state index contributed by atoms with van der Waals surface area (Å²) in [5, 5.41) is 2.72. The van der Waals surface area contributed by atoms with Gasteiger partial charge in [0, 0.05) is 12.1 Å². The Kier molecular flexibility index (Phi) is 3.75. The number of nitrogens with one attached hydrogen (secondary N) is 2. The van der Waals surface area contributed by atoms with E-state index >= 15 is 0 Å². The monoisotopic (exact) mass is 301 g/mol. The zero-order chi connectivity index (χ0) is 15.7. The van der Waals surface area contributed by atoms with Crippen LogP contribution in [-0.4, -0.2) is 15.9 Å². The molecule has 5 nitrogen and oxygen atoms in total. The molecule has 1 amide bonds. The van der Waals surface area contributed by atoms with Crippen molar-refractivity contribution in [1.82, 2.24) is 15.3 Å². The molecule has 3 rings (SSSR count). The fourth-order valence-corrected chi connectivity index (χ4v) is 2.24. The largest absolute Gasteiger partial charge is 0.345 e. The highest BCUT2D eigenvalue weighted by Crippen LogP contribution is 2.37. The minimum atomic E-state index is -0.493. The van der Waals surface area contributed by atoms with Gasteiger partial charge in [-0.15, -0.1) is 0 Å². The molecular weight excluding hydrogens is 285 g/mol. The number of halogens is 1. The van der Waals surface area contributed by atoms with E-state index in [-0.39, 0.29) is 17.4 Å². The second-order valence-electron chi connectivity index (χ2n) is 5.53. The first-order valence-corrected chi connectivity index (χ1v) is 7.20. The predicted octanol–water partition coefficient (Wildman–Crippen LogP) is 2.28. The SMILES string of the molecule is C[C@@H](NC(=O)c1cnc(C2CC2)[nH]c1=O)c1ccc(F)cc1. The fourth-order valence-electron chi connectivity index (χ4n) is 2.24. The highest BCUT2D eigenvalue weighted by atomic mass is 19.1. The molecule has 1 saturated carbocycles. The summed E-state index contributed by atoms with van der Waals surface area (Å²) in [7, 11) is 0. The van der Waals surface area contributed by atoms with Crippen LogP contribution in [0, 0.1) is 5.82 Å². The topological polar surface area (TPSA) is 74.8 Å². The predicted molar refractivity (Wildman–Crippen MR) is 79.1 cm³/mol. The Balaban J connectivity index is 1.73. The summed E-state index contributed by atoms with van der Waals surface area (Å²) in [6.45, 7) is 1.77. The molecule has 0 radical (unpaired) electrons. The van der Waals surface area contributed by atoms with E-state index in [2.05, 4.69) is 15.3 Å². The first-order chi connectivity index (χ1) is 10.5. The summed E-state index contributed by atoms with van der Waals surface area (Å²) in [6.07, 6.45) is 3.37. The molecule has 1 atom stereocenters. The van der Waals surface area contributed by atoms with Crippen molar-refractivity contribution in [2.45, 2.75) is 31.7 Å². The molecule has 1 aliphatic rings. The Labute approximate surface area is 126 Å². The average Bonchev–Trinajstić information content (AvgIpc) is 3.32. The van der Waals surface area contributed by atoms with E-state index in [9.17, 15) is 14.0 Å². The van der Waals surface area contributed by atoms with Crippen molar-refractivity contribution in [3.8, 4) is 0 Å². The van der Waals surface area contributed by atoms with Gasteiger partial charge in [0.15, 0.2) is 0 Å². The molecule has 2 N–H and O–H groups in total. The maximum atomic E-state index is 12.9. The molecule has 1 heterocycles. The van der Waals surface area contributed by atoms with E-state index in [0.29, 0.717) is 11.7 Å². The number of H-pyrrole nitrogens is 1. The zero-order valence-electron chi connectivity index (χ0n) is 12.1. The van der Waals surface area contributed by atoms with E-state index in [1.165, 1.54) is 18.3 Å². The lowest BCUT2D eigenvalue weighted by molar-refractivity contribution is 0.0938. The number of hydrogen-bond donors (Lipinski definition) is 2. The van der Waals surface area contributed by atoms with Crippen molar-refractivity contribution in [3.05, 3.63) is 63.6 Å². The van der Waals surface area contributed by atoms with Crippen molar-refractivity contribution in [2.75, 3.05) is 0 Å². The summed E-state index contributed by atoms with van der Waals surface area (Å²) in [5.74, 6) is 0.141. The number of hydrogen-bond acceptors (Lipinski definition) is 3. The number of nitrogens with zero attached hydrogens (tertiary/aromatic N) is 1. The van der Waals surface area contributed by atoms with Crippen LogP contribution >= 0.6 is 0 Å². The second-order valence-corrected chi connectivity index (χ2v) is 5.53. The number of aromatic amines is 1. The summed E-state index contributed by atoms with van der Waals surface area (Å²) in [4.78, 5) is 30.9. The van der Waals surface area contributed by atoms with Crippen molar-refractivity contribution >= 4 is 5.91 Å². The number of aromatic nitrogens is 2. The van der Waals surface area contributed by atoms with Crippen LogP contribution in [0.5, 0.6) is 0 Å². The Bertz CT molecular complexity index is 751. The number of benzene rings is 1. The van der Waals surface area contributed by atoms with Crippen LogP contribution in [0.2, 0.25) is 0 Å². The number of carbonyl (C=O) groups excluding carboxylic acids is 1. The molecule has 0 aliphatic heterocycles. The maximum Gasteiger partial charge on any atom is 0.263 e. The zero-order valence-corrected chi connectivity index (χ0v) is 12.1. The Morgan fingerprint density at radius 1 is 1.36 bits per heavy atom. The minimum absolute atomic E-state index is 0.0154. The normalized spacial score (nSPS) is 15.4. The molecule has 1 aromatic heterocycles. The van der Waals surface area contributed by atoms with Crippen molar-refractivity contribution in [3.63, 3.8) is 0 Å². The van der Waals surface area contributed by atoms with E-state index in [1.54, 1.807) is 19.1 Å². The lowest BCUT2D eigenvalue weighted by Gasteiger charge is -2.14. The molecule has 22 heavy (non-hydrogen) atoms. The highest BCUT2D eigenvalue weighted by Gasteiger charge is 2.26. The third kappa shape index (κ3) is 3.05. The van der Waals surface area contributed by atoms with Gasteiger partial charge in [0.25, 0.3) is 11.5 Å². The lowest BCUT2D eigenvalue weighted by Crippen LogP contribution is -2.32. The van der Waals surface area contributed by atoms with Crippen LogP contribution in [0.25, 0.3) is 0 Å². The average molecular weight is 301 g/mol. The molecule has 6 heteroatoms. The van der Waals surface area contributed by atoms with Crippen LogP contribution in [0.1, 0.15) is 53.5 Å².